The zero-order valence-corrected chi connectivity index (χ0v) is 13.9. The minimum Gasteiger partial charge on any atom is -0.0616 e. The van der Waals surface area contributed by atoms with Gasteiger partial charge in [-0.05, 0) is 88.1 Å². The first-order chi connectivity index (χ1) is 9.05. The van der Waals surface area contributed by atoms with E-state index >= 15 is 0 Å². The molecule has 1 aliphatic carbocycles. The van der Waals surface area contributed by atoms with E-state index < -0.39 is 0 Å². The van der Waals surface area contributed by atoms with E-state index in [4.69, 9.17) is 0 Å². The van der Waals surface area contributed by atoms with Gasteiger partial charge in [0.25, 0.3) is 0 Å². The Kier molecular flexibility index (Phi) is 3.59. The highest BCUT2D eigenvalue weighted by molar-refractivity contribution is 14.1. The van der Waals surface area contributed by atoms with Crippen molar-refractivity contribution < 1.29 is 0 Å². The molecule has 0 nitrogen and oxygen atoms in total. The smallest absolute Gasteiger partial charge is 0.0139 e. The molecule has 0 aliphatic heterocycles. The number of hydrogen-bond donors (Lipinski definition) is 0. The van der Waals surface area contributed by atoms with E-state index in [1.165, 1.54) is 40.0 Å². The summed E-state index contributed by atoms with van der Waals surface area (Å²) in [5.74, 6) is 0.757. The fraction of sp³-hybridized carbons (Fsp3) is 0.444. The molecule has 2 aromatic rings. The summed E-state index contributed by atoms with van der Waals surface area (Å²) in [7, 11) is 0. The molecule has 0 heterocycles. The van der Waals surface area contributed by atoms with Gasteiger partial charge >= 0.3 is 0 Å². The topological polar surface area (TPSA) is 0 Å². The van der Waals surface area contributed by atoms with Gasteiger partial charge in [0.05, 0.1) is 0 Å². The third-order valence-electron chi connectivity index (χ3n) is 4.64. The molecule has 0 amide bonds. The number of hydrogen-bond acceptors (Lipinski definition) is 0. The molecule has 100 valence electrons. The maximum absolute atomic E-state index is 2.46. The first-order valence-corrected chi connectivity index (χ1v) is 8.31. The van der Waals surface area contributed by atoms with Crippen LogP contribution in [-0.4, -0.2) is 0 Å². The van der Waals surface area contributed by atoms with Crippen LogP contribution < -0.4 is 0 Å². The second kappa shape index (κ2) is 5.08. The van der Waals surface area contributed by atoms with Crippen molar-refractivity contribution in [3.8, 4) is 0 Å². The van der Waals surface area contributed by atoms with E-state index in [1.54, 1.807) is 5.56 Å². The summed E-state index contributed by atoms with van der Waals surface area (Å²) < 4.78 is 1.37. The van der Waals surface area contributed by atoms with Crippen LogP contribution >= 0.6 is 22.6 Å². The van der Waals surface area contributed by atoms with Gasteiger partial charge in [-0.2, -0.15) is 0 Å². The molecule has 2 aromatic carbocycles. The Hall–Kier alpha value is -0.570. The highest BCUT2D eigenvalue weighted by atomic mass is 127. The third-order valence-corrected chi connectivity index (χ3v) is 5.26. The molecule has 0 unspecified atom stereocenters. The Balaban J connectivity index is 2.01. The van der Waals surface area contributed by atoms with Crippen LogP contribution in [0.25, 0.3) is 10.8 Å². The van der Waals surface area contributed by atoms with Gasteiger partial charge in [-0.3, -0.25) is 0 Å². The molecule has 1 saturated carbocycles. The molecular formula is C18H21I. The van der Waals surface area contributed by atoms with E-state index in [-0.39, 0.29) is 0 Å². The highest BCUT2D eigenvalue weighted by Crippen LogP contribution is 2.44. The van der Waals surface area contributed by atoms with Crippen LogP contribution in [0.1, 0.15) is 51.0 Å². The summed E-state index contributed by atoms with van der Waals surface area (Å²) in [5, 5.41) is 2.86. The van der Waals surface area contributed by atoms with Gasteiger partial charge in [0.15, 0.2) is 0 Å². The van der Waals surface area contributed by atoms with Crippen molar-refractivity contribution in [2.45, 2.75) is 45.4 Å². The standard InChI is InChI=1S/C18H21I/c1-18(2)9-7-13(8-10-18)17-12-15(19)11-14-5-3-4-6-16(14)17/h3-6,11-13H,7-10H2,1-2H3. The number of benzene rings is 2. The molecule has 0 spiro atoms. The Labute approximate surface area is 129 Å². The van der Waals surface area contributed by atoms with Gasteiger partial charge in [0, 0.05) is 3.57 Å². The normalized spacial score (nSPS) is 19.7. The van der Waals surface area contributed by atoms with Crippen molar-refractivity contribution in [1.82, 2.24) is 0 Å². The second-order valence-corrected chi connectivity index (χ2v) is 7.90. The van der Waals surface area contributed by atoms with Crippen molar-refractivity contribution >= 4 is 33.4 Å². The lowest BCUT2D eigenvalue weighted by Gasteiger charge is -2.35. The molecule has 0 bridgehead atoms. The van der Waals surface area contributed by atoms with Gasteiger partial charge in [-0.25, -0.2) is 0 Å². The van der Waals surface area contributed by atoms with E-state index in [2.05, 4.69) is 72.8 Å². The van der Waals surface area contributed by atoms with Crippen LogP contribution in [0.15, 0.2) is 36.4 Å². The summed E-state index contributed by atoms with van der Waals surface area (Å²) in [6.45, 7) is 4.83. The first kappa shape index (κ1) is 13.4. The summed E-state index contributed by atoms with van der Waals surface area (Å²) in [6, 6.07) is 13.6. The lowest BCUT2D eigenvalue weighted by atomic mass is 9.71. The molecule has 0 atom stereocenters. The lowest BCUT2D eigenvalue weighted by Crippen LogP contribution is -2.20. The lowest BCUT2D eigenvalue weighted by molar-refractivity contribution is 0.225. The molecule has 3 rings (SSSR count). The van der Waals surface area contributed by atoms with E-state index in [0.717, 1.165) is 5.92 Å². The molecule has 0 aromatic heterocycles. The maximum Gasteiger partial charge on any atom is 0.0139 e. The molecule has 0 N–H and O–H groups in total. The first-order valence-electron chi connectivity index (χ1n) is 7.23. The molecule has 1 aliphatic rings. The van der Waals surface area contributed by atoms with Crippen molar-refractivity contribution in [3.63, 3.8) is 0 Å². The van der Waals surface area contributed by atoms with Gasteiger partial charge in [0.1, 0.15) is 0 Å². The Morgan fingerprint density at radius 2 is 1.74 bits per heavy atom. The minimum absolute atomic E-state index is 0.550. The van der Waals surface area contributed by atoms with Crippen molar-refractivity contribution in [2.75, 3.05) is 0 Å². The van der Waals surface area contributed by atoms with Gasteiger partial charge in [-0.1, -0.05) is 38.1 Å². The fourth-order valence-corrected chi connectivity index (χ4v) is 4.02. The number of rotatable bonds is 1. The summed E-state index contributed by atoms with van der Waals surface area (Å²) in [6.07, 6.45) is 5.41. The number of halogens is 1. The number of fused-ring (bicyclic) bond motifs is 1. The van der Waals surface area contributed by atoms with Crippen LogP contribution in [0.2, 0.25) is 0 Å². The Bertz CT molecular complexity index is 588. The average Bonchev–Trinajstić information content (AvgIpc) is 2.38. The average molecular weight is 364 g/mol. The van der Waals surface area contributed by atoms with Crippen LogP contribution in [0.5, 0.6) is 0 Å². The van der Waals surface area contributed by atoms with E-state index in [9.17, 15) is 0 Å². The van der Waals surface area contributed by atoms with Crippen LogP contribution in [0.4, 0.5) is 0 Å². The van der Waals surface area contributed by atoms with Gasteiger partial charge < -0.3 is 0 Å². The predicted molar refractivity (Wildman–Crippen MR) is 91.7 cm³/mol. The monoisotopic (exact) mass is 364 g/mol. The largest absolute Gasteiger partial charge is 0.0616 e. The maximum atomic E-state index is 2.46. The van der Waals surface area contributed by atoms with Crippen molar-refractivity contribution in [2.24, 2.45) is 5.41 Å². The molecule has 1 heteroatoms. The Morgan fingerprint density at radius 3 is 2.47 bits per heavy atom. The molecular weight excluding hydrogens is 343 g/mol. The van der Waals surface area contributed by atoms with Gasteiger partial charge in [0.2, 0.25) is 0 Å². The van der Waals surface area contributed by atoms with Crippen molar-refractivity contribution in [1.29, 1.82) is 0 Å². The molecule has 19 heavy (non-hydrogen) atoms. The SMILES string of the molecule is CC1(C)CCC(c2cc(I)cc3ccccc23)CC1. The summed E-state index contributed by atoms with van der Waals surface area (Å²) >= 11 is 2.46. The van der Waals surface area contributed by atoms with Gasteiger partial charge in [-0.15, -0.1) is 0 Å². The Morgan fingerprint density at radius 1 is 1.05 bits per heavy atom. The highest BCUT2D eigenvalue weighted by Gasteiger charge is 2.28. The zero-order valence-electron chi connectivity index (χ0n) is 11.7. The van der Waals surface area contributed by atoms with E-state index in [1.807, 2.05) is 0 Å². The predicted octanol–water partition coefficient (Wildman–Crippen LogP) is 6.13. The van der Waals surface area contributed by atoms with Crippen molar-refractivity contribution in [3.05, 3.63) is 45.5 Å². The second-order valence-electron chi connectivity index (χ2n) is 6.65. The minimum atomic E-state index is 0.550. The van der Waals surface area contributed by atoms with E-state index in [0.29, 0.717) is 5.41 Å². The van der Waals surface area contributed by atoms with Crippen LogP contribution in [0, 0.1) is 8.99 Å². The van der Waals surface area contributed by atoms with Crippen LogP contribution in [-0.2, 0) is 0 Å². The molecule has 0 saturated heterocycles. The molecule has 1 fully saturated rings. The van der Waals surface area contributed by atoms with Crippen LogP contribution in [0.3, 0.4) is 0 Å². The quantitative estimate of drug-likeness (QED) is 0.534. The zero-order chi connectivity index (χ0) is 13.5. The fourth-order valence-electron chi connectivity index (χ4n) is 3.35. The summed E-state index contributed by atoms with van der Waals surface area (Å²) in [5.41, 5.74) is 2.13. The summed E-state index contributed by atoms with van der Waals surface area (Å²) in [4.78, 5) is 0. The molecule has 0 radical (unpaired) electrons. The third kappa shape index (κ3) is 2.81.